The van der Waals surface area contributed by atoms with E-state index in [0.29, 0.717) is 19.2 Å². The third-order valence-electron chi connectivity index (χ3n) is 3.10. The summed E-state index contributed by atoms with van der Waals surface area (Å²) >= 11 is 0. The van der Waals surface area contributed by atoms with Gasteiger partial charge in [-0.25, -0.2) is 0 Å². The molecule has 5 nitrogen and oxygen atoms in total. The topological polar surface area (TPSA) is 79.9 Å². The lowest BCUT2D eigenvalue weighted by Crippen LogP contribution is -2.36. The summed E-state index contributed by atoms with van der Waals surface area (Å²) in [4.78, 5) is 0. The largest absolute Gasteiger partial charge is 0.409 e. The summed E-state index contributed by atoms with van der Waals surface area (Å²) in [5, 5.41) is 15.4. The van der Waals surface area contributed by atoms with Crippen LogP contribution in [0, 0.1) is 0 Å². The lowest BCUT2D eigenvalue weighted by molar-refractivity contribution is 0.185. The number of hydrogen-bond donors (Lipinski definition) is 3. The average Bonchev–Trinajstić information content (AvgIpc) is 2.46. The number of nitrogens with zero attached hydrogens (tertiary/aromatic N) is 1. The molecule has 1 aromatic rings. The number of hydrogen-bond acceptors (Lipinski definition) is 4. The first-order valence-corrected chi connectivity index (χ1v) is 6.43. The van der Waals surface area contributed by atoms with Gasteiger partial charge in [-0.2, -0.15) is 0 Å². The van der Waals surface area contributed by atoms with E-state index in [1.807, 2.05) is 30.3 Å². The Morgan fingerprint density at radius 1 is 1.42 bits per heavy atom. The van der Waals surface area contributed by atoms with E-state index in [9.17, 15) is 0 Å². The standard InChI is InChI=1S/C14H23N3O2/c1-11(8-9-19-2)16-10-13(14(15)17-18)12-6-4-3-5-7-12/h3-7,11,13,16,18H,8-10H2,1-2H3,(H2,15,17). The molecule has 0 fully saturated rings. The number of nitrogens with one attached hydrogen (secondary N) is 1. The second-order valence-corrected chi connectivity index (χ2v) is 4.58. The van der Waals surface area contributed by atoms with E-state index in [4.69, 9.17) is 15.7 Å². The fourth-order valence-electron chi connectivity index (χ4n) is 1.86. The molecule has 0 radical (unpaired) electrons. The van der Waals surface area contributed by atoms with E-state index < -0.39 is 0 Å². The van der Waals surface area contributed by atoms with Gasteiger partial charge in [-0.05, 0) is 18.9 Å². The highest BCUT2D eigenvalue weighted by atomic mass is 16.5. The maximum absolute atomic E-state index is 8.89. The molecule has 5 heteroatoms. The zero-order valence-electron chi connectivity index (χ0n) is 11.5. The molecule has 19 heavy (non-hydrogen) atoms. The minimum atomic E-state index is -0.129. The fraction of sp³-hybridized carbons (Fsp3) is 0.500. The molecule has 0 heterocycles. The SMILES string of the molecule is COCCC(C)NCC(C(N)=NO)c1ccccc1. The molecule has 0 aromatic heterocycles. The molecule has 0 amide bonds. The van der Waals surface area contributed by atoms with E-state index in [-0.39, 0.29) is 11.8 Å². The van der Waals surface area contributed by atoms with Crippen LogP contribution in [0.5, 0.6) is 0 Å². The number of nitrogens with two attached hydrogens (primary N) is 1. The normalized spacial score (nSPS) is 15.2. The van der Waals surface area contributed by atoms with Crippen molar-refractivity contribution in [2.24, 2.45) is 10.9 Å². The lowest BCUT2D eigenvalue weighted by atomic mass is 9.97. The van der Waals surface area contributed by atoms with Crippen molar-refractivity contribution < 1.29 is 9.94 Å². The molecule has 0 aliphatic carbocycles. The second kappa shape index (κ2) is 8.50. The van der Waals surface area contributed by atoms with Gasteiger partial charge in [0.25, 0.3) is 0 Å². The molecule has 0 bridgehead atoms. The summed E-state index contributed by atoms with van der Waals surface area (Å²) in [5.41, 5.74) is 6.80. The Bertz CT molecular complexity index is 382. The second-order valence-electron chi connectivity index (χ2n) is 4.58. The van der Waals surface area contributed by atoms with Crippen LogP contribution >= 0.6 is 0 Å². The van der Waals surface area contributed by atoms with Gasteiger partial charge in [0.05, 0.1) is 5.92 Å². The predicted molar refractivity (Wildman–Crippen MR) is 76.5 cm³/mol. The van der Waals surface area contributed by atoms with Crippen molar-refractivity contribution in [2.45, 2.75) is 25.3 Å². The van der Waals surface area contributed by atoms with Crippen LogP contribution in [0.2, 0.25) is 0 Å². The van der Waals surface area contributed by atoms with Gasteiger partial charge in [0, 0.05) is 26.3 Å². The average molecular weight is 265 g/mol. The highest BCUT2D eigenvalue weighted by Crippen LogP contribution is 2.15. The van der Waals surface area contributed by atoms with Crippen LogP contribution in [0.3, 0.4) is 0 Å². The minimum Gasteiger partial charge on any atom is -0.409 e. The maximum Gasteiger partial charge on any atom is 0.147 e. The van der Waals surface area contributed by atoms with Crippen LogP contribution in [0.4, 0.5) is 0 Å². The number of ether oxygens (including phenoxy) is 1. The summed E-state index contributed by atoms with van der Waals surface area (Å²) in [5.74, 6) is 0.0915. The summed E-state index contributed by atoms with van der Waals surface area (Å²) < 4.78 is 5.04. The smallest absolute Gasteiger partial charge is 0.147 e. The third-order valence-corrected chi connectivity index (χ3v) is 3.10. The zero-order chi connectivity index (χ0) is 14.1. The third kappa shape index (κ3) is 5.28. The Morgan fingerprint density at radius 2 is 2.11 bits per heavy atom. The van der Waals surface area contributed by atoms with Crippen molar-refractivity contribution in [1.82, 2.24) is 5.32 Å². The first-order chi connectivity index (χ1) is 9.19. The van der Waals surface area contributed by atoms with Crippen molar-refractivity contribution in [2.75, 3.05) is 20.3 Å². The van der Waals surface area contributed by atoms with Crippen LogP contribution in [-0.4, -0.2) is 37.3 Å². The molecular formula is C14H23N3O2. The van der Waals surface area contributed by atoms with Crippen molar-refractivity contribution in [3.8, 4) is 0 Å². The predicted octanol–water partition coefficient (Wildman–Crippen LogP) is 1.53. The highest BCUT2D eigenvalue weighted by Gasteiger charge is 2.17. The van der Waals surface area contributed by atoms with E-state index in [1.54, 1.807) is 7.11 Å². The molecule has 1 aromatic carbocycles. The summed E-state index contributed by atoms with van der Waals surface area (Å²) in [6, 6.07) is 10.1. The van der Waals surface area contributed by atoms with Gasteiger partial charge in [-0.3, -0.25) is 0 Å². The zero-order valence-corrected chi connectivity index (χ0v) is 11.5. The van der Waals surface area contributed by atoms with Crippen molar-refractivity contribution >= 4 is 5.84 Å². The number of amidine groups is 1. The first-order valence-electron chi connectivity index (χ1n) is 6.43. The fourth-order valence-corrected chi connectivity index (χ4v) is 1.86. The van der Waals surface area contributed by atoms with Crippen LogP contribution in [0.15, 0.2) is 35.5 Å². The number of methoxy groups -OCH3 is 1. The van der Waals surface area contributed by atoms with Crippen molar-refractivity contribution in [1.29, 1.82) is 0 Å². The first kappa shape index (κ1) is 15.5. The summed E-state index contributed by atoms with van der Waals surface area (Å²) in [6.07, 6.45) is 0.925. The monoisotopic (exact) mass is 265 g/mol. The van der Waals surface area contributed by atoms with E-state index in [1.165, 1.54) is 0 Å². The van der Waals surface area contributed by atoms with Crippen molar-refractivity contribution in [3.63, 3.8) is 0 Å². The molecule has 4 N–H and O–H groups in total. The molecule has 0 aliphatic rings. The van der Waals surface area contributed by atoms with Crippen molar-refractivity contribution in [3.05, 3.63) is 35.9 Å². The molecule has 106 valence electrons. The molecule has 0 spiro atoms. The highest BCUT2D eigenvalue weighted by molar-refractivity contribution is 5.87. The van der Waals surface area contributed by atoms with Gasteiger partial charge in [0.1, 0.15) is 5.84 Å². The van der Waals surface area contributed by atoms with Crippen LogP contribution in [0.1, 0.15) is 24.8 Å². The molecule has 0 saturated heterocycles. The number of oxime groups is 1. The lowest BCUT2D eigenvalue weighted by Gasteiger charge is -2.20. The van der Waals surface area contributed by atoms with Gasteiger partial charge < -0.3 is 21.0 Å². The van der Waals surface area contributed by atoms with E-state index in [0.717, 1.165) is 12.0 Å². The number of benzene rings is 1. The Hall–Kier alpha value is -1.59. The molecule has 0 saturated carbocycles. The minimum absolute atomic E-state index is 0.129. The Kier molecular flexibility index (Phi) is 6.92. The molecule has 2 unspecified atom stereocenters. The van der Waals surface area contributed by atoms with E-state index in [2.05, 4.69) is 17.4 Å². The van der Waals surface area contributed by atoms with Gasteiger partial charge in [-0.1, -0.05) is 35.5 Å². The van der Waals surface area contributed by atoms with Crippen LogP contribution in [-0.2, 0) is 4.74 Å². The van der Waals surface area contributed by atoms with Gasteiger partial charge in [0.15, 0.2) is 0 Å². The molecule has 2 atom stereocenters. The molecular weight excluding hydrogens is 242 g/mol. The van der Waals surface area contributed by atoms with Gasteiger partial charge in [-0.15, -0.1) is 0 Å². The summed E-state index contributed by atoms with van der Waals surface area (Å²) in [6.45, 7) is 3.44. The summed E-state index contributed by atoms with van der Waals surface area (Å²) in [7, 11) is 1.69. The van der Waals surface area contributed by atoms with E-state index >= 15 is 0 Å². The molecule has 1 rings (SSSR count). The number of rotatable bonds is 8. The van der Waals surface area contributed by atoms with Gasteiger partial charge >= 0.3 is 0 Å². The maximum atomic E-state index is 8.89. The quantitative estimate of drug-likeness (QED) is 0.288. The molecule has 0 aliphatic heterocycles. The van der Waals surface area contributed by atoms with Crippen LogP contribution < -0.4 is 11.1 Å². The van der Waals surface area contributed by atoms with Crippen LogP contribution in [0.25, 0.3) is 0 Å². The Morgan fingerprint density at radius 3 is 2.68 bits per heavy atom. The Labute approximate surface area is 114 Å². The van der Waals surface area contributed by atoms with Gasteiger partial charge in [0.2, 0.25) is 0 Å². The Balaban J connectivity index is 2.62.